The molecule has 0 bridgehead atoms. The van der Waals surface area contributed by atoms with Crippen LogP contribution in [-0.4, -0.2) is 11.1 Å². The van der Waals surface area contributed by atoms with Crippen molar-refractivity contribution in [3.8, 4) is 0 Å². The molecule has 0 saturated carbocycles. The van der Waals surface area contributed by atoms with Gasteiger partial charge >= 0.3 is 51.4 Å². The maximum absolute atomic E-state index is 9.40. The van der Waals surface area contributed by atoms with Crippen molar-refractivity contribution in [3.05, 3.63) is 5.48 Å². The first-order chi connectivity index (χ1) is 2.27. The van der Waals surface area contributed by atoms with E-state index in [4.69, 9.17) is 5.21 Å². The average molecular weight is 113 g/mol. The third kappa shape index (κ3) is 8.91. The van der Waals surface area contributed by atoms with Crippen molar-refractivity contribution >= 4 is 5.91 Å². The SMILES string of the molecule is CC(=O)[N-]O.[K+]. The first-order valence-electron chi connectivity index (χ1n) is 1.13. The first kappa shape index (κ1) is 10.1. The molecule has 0 aliphatic carbocycles. The molecule has 0 aromatic carbocycles. The molecule has 1 N–H and O–H groups in total. The smallest absolute Gasteiger partial charge is 0.534 e. The van der Waals surface area contributed by atoms with Crippen LogP contribution in [0.15, 0.2) is 0 Å². The van der Waals surface area contributed by atoms with Crippen LogP contribution in [0, 0.1) is 0 Å². The molecular weight excluding hydrogens is 109 g/mol. The third-order valence-electron chi connectivity index (χ3n) is 0.141. The van der Waals surface area contributed by atoms with Gasteiger partial charge < -0.3 is 15.5 Å². The Bertz CT molecular complexity index is 46.8. The van der Waals surface area contributed by atoms with E-state index in [0.29, 0.717) is 0 Å². The first-order valence-corrected chi connectivity index (χ1v) is 1.13. The molecule has 0 aliphatic rings. The van der Waals surface area contributed by atoms with Gasteiger partial charge in [0.1, 0.15) is 0 Å². The Labute approximate surface area is 78.5 Å². The fourth-order valence-electron chi connectivity index (χ4n) is 0. The number of hydrogen-bond acceptors (Lipinski definition) is 2. The Balaban J connectivity index is 0. The summed E-state index contributed by atoms with van der Waals surface area (Å²) in [6.07, 6.45) is 0. The van der Waals surface area contributed by atoms with Crippen LogP contribution >= 0.6 is 0 Å². The Morgan fingerprint density at radius 3 is 2.00 bits per heavy atom. The fraction of sp³-hybridized carbons (Fsp3) is 0.500. The summed E-state index contributed by atoms with van der Waals surface area (Å²) >= 11 is 0. The largest absolute Gasteiger partial charge is 1.00 e. The number of rotatable bonds is 0. The maximum Gasteiger partial charge on any atom is 1.00 e. The zero-order chi connectivity index (χ0) is 4.28. The molecule has 0 radical (unpaired) electrons. The van der Waals surface area contributed by atoms with Gasteiger partial charge in [-0.05, 0) is 6.92 Å². The van der Waals surface area contributed by atoms with Crippen LogP contribution in [0.25, 0.3) is 5.48 Å². The fourth-order valence-corrected chi connectivity index (χ4v) is 0. The standard InChI is InChI=1S/C2H5NO2.K/c1-2(4)3-5;/h1H3,(H2,3,4,5);/q;+1/p-1. The van der Waals surface area contributed by atoms with E-state index >= 15 is 0 Å². The Morgan fingerprint density at radius 2 is 2.00 bits per heavy atom. The third-order valence-corrected chi connectivity index (χ3v) is 0.141. The molecule has 0 heterocycles. The topological polar surface area (TPSA) is 51.4 Å². The van der Waals surface area contributed by atoms with Gasteiger partial charge in [-0.2, -0.15) is 0 Å². The minimum absolute atomic E-state index is 0. The van der Waals surface area contributed by atoms with Gasteiger partial charge in [0, 0.05) is 0 Å². The average Bonchev–Trinajstić information content (AvgIpc) is 1.38. The van der Waals surface area contributed by atoms with Gasteiger partial charge in [0.2, 0.25) is 0 Å². The number of amides is 1. The number of carbonyl (C=O) groups is 1. The predicted molar refractivity (Wildman–Crippen MR) is 15.8 cm³/mol. The normalized spacial score (nSPS) is 5.67. The van der Waals surface area contributed by atoms with Crippen LogP contribution in [0.5, 0.6) is 0 Å². The van der Waals surface area contributed by atoms with Crippen LogP contribution in [0.4, 0.5) is 0 Å². The summed E-state index contributed by atoms with van der Waals surface area (Å²) in [5, 5.41) is 7.42. The van der Waals surface area contributed by atoms with E-state index in [1.807, 2.05) is 0 Å². The molecular formula is C2H4KNO2. The summed E-state index contributed by atoms with van der Waals surface area (Å²) in [6.45, 7) is 1.17. The van der Waals surface area contributed by atoms with Crippen LogP contribution < -0.4 is 51.4 Å². The number of nitrogens with zero attached hydrogens (tertiary/aromatic N) is 1. The number of hydroxylamine groups is 1. The molecule has 0 atom stereocenters. The van der Waals surface area contributed by atoms with Gasteiger partial charge in [-0.1, -0.05) is 0 Å². The van der Waals surface area contributed by atoms with Crippen molar-refractivity contribution in [2.24, 2.45) is 0 Å². The van der Waals surface area contributed by atoms with Gasteiger partial charge in [-0.3, -0.25) is 0 Å². The van der Waals surface area contributed by atoms with Crippen molar-refractivity contribution in [1.29, 1.82) is 0 Å². The second-order valence-electron chi connectivity index (χ2n) is 0.619. The van der Waals surface area contributed by atoms with Crippen molar-refractivity contribution < 1.29 is 61.4 Å². The van der Waals surface area contributed by atoms with Crippen molar-refractivity contribution in [2.45, 2.75) is 6.92 Å². The quantitative estimate of drug-likeness (QED) is 0.211. The minimum atomic E-state index is -0.565. The summed E-state index contributed by atoms with van der Waals surface area (Å²) in [6, 6.07) is 0. The van der Waals surface area contributed by atoms with E-state index in [0.717, 1.165) is 0 Å². The predicted octanol–water partition coefficient (Wildman–Crippen LogP) is -2.70. The summed E-state index contributed by atoms with van der Waals surface area (Å²) < 4.78 is 0. The molecule has 6 heavy (non-hydrogen) atoms. The molecule has 4 heteroatoms. The van der Waals surface area contributed by atoms with Crippen LogP contribution in [0.1, 0.15) is 6.92 Å². The van der Waals surface area contributed by atoms with E-state index in [1.54, 1.807) is 0 Å². The van der Waals surface area contributed by atoms with Crippen LogP contribution in [-0.2, 0) is 4.79 Å². The molecule has 0 saturated heterocycles. The molecule has 3 nitrogen and oxygen atoms in total. The Hall–Kier alpha value is 1.07. The molecule has 1 amide bonds. The Morgan fingerprint density at radius 1 is 1.83 bits per heavy atom. The van der Waals surface area contributed by atoms with Crippen LogP contribution in [0.2, 0.25) is 0 Å². The number of carbonyl (C=O) groups excluding carboxylic acids is 1. The summed E-state index contributed by atoms with van der Waals surface area (Å²) in [5.74, 6) is -0.565. The van der Waals surface area contributed by atoms with Crippen molar-refractivity contribution in [3.63, 3.8) is 0 Å². The summed E-state index contributed by atoms with van der Waals surface area (Å²) in [7, 11) is 0. The zero-order valence-corrected chi connectivity index (χ0v) is 6.93. The van der Waals surface area contributed by atoms with Gasteiger partial charge in [0.05, 0.1) is 5.91 Å². The maximum atomic E-state index is 9.40. The molecule has 0 unspecified atom stereocenters. The van der Waals surface area contributed by atoms with E-state index in [-0.39, 0.29) is 51.4 Å². The molecule has 0 spiro atoms. The van der Waals surface area contributed by atoms with Crippen molar-refractivity contribution in [1.82, 2.24) is 0 Å². The van der Waals surface area contributed by atoms with E-state index < -0.39 is 5.91 Å². The molecule has 0 aromatic rings. The zero-order valence-electron chi connectivity index (χ0n) is 3.80. The molecule has 0 aliphatic heterocycles. The van der Waals surface area contributed by atoms with Gasteiger partial charge in [0.25, 0.3) is 0 Å². The molecule has 30 valence electrons. The van der Waals surface area contributed by atoms with E-state index in [1.165, 1.54) is 6.92 Å². The van der Waals surface area contributed by atoms with Gasteiger partial charge in [-0.15, -0.1) is 0 Å². The molecule has 0 rings (SSSR count). The second-order valence-corrected chi connectivity index (χ2v) is 0.619. The molecule has 0 aromatic heterocycles. The monoisotopic (exact) mass is 113 g/mol. The summed E-state index contributed by atoms with van der Waals surface area (Å²) in [4.78, 5) is 9.40. The van der Waals surface area contributed by atoms with E-state index in [2.05, 4.69) is 5.48 Å². The minimum Gasteiger partial charge on any atom is -0.534 e. The van der Waals surface area contributed by atoms with Crippen molar-refractivity contribution in [2.75, 3.05) is 0 Å². The van der Waals surface area contributed by atoms with Crippen LogP contribution in [0.3, 0.4) is 0 Å². The van der Waals surface area contributed by atoms with E-state index in [9.17, 15) is 4.79 Å². The molecule has 0 fully saturated rings. The van der Waals surface area contributed by atoms with Gasteiger partial charge in [-0.25, -0.2) is 0 Å². The Kier molecular flexibility index (Phi) is 10.2. The number of hydrogen-bond donors (Lipinski definition) is 1. The van der Waals surface area contributed by atoms with Gasteiger partial charge in [0.15, 0.2) is 0 Å². The summed E-state index contributed by atoms with van der Waals surface area (Å²) in [5.41, 5.74) is 2.25. The second kappa shape index (κ2) is 6.07.